The van der Waals surface area contributed by atoms with Gasteiger partial charge in [-0.3, -0.25) is 4.79 Å². The summed E-state index contributed by atoms with van der Waals surface area (Å²) < 4.78 is 1.77. The van der Waals surface area contributed by atoms with Crippen LogP contribution in [0.2, 0.25) is 5.02 Å². The first-order chi connectivity index (χ1) is 9.54. The fourth-order valence-electron chi connectivity index (χ4n) is 2.02. The van der Waals surface area contributed by atoms with Crippen molar-refractivity contribution >= 4 is 11.6 Å². The predicted molar refractivity (Wildman–Crippen MR) is 81.7 cm³/mol. The molecule has 2 rings (SSSR count). The minimum Gasteiger partial charge on any atom is -0.311 e. The second kappa shape index (κ2) is 6.20. The van der Waals surface area contributed by atoms with E-state index in [1.54, 1.807) is 10.7 Å². The minimum atomic E-state index is -0.0422. The molecule has 1 aromatic heterocycles. The lowest BCUT2D eigenvalue weighted by Crippen LogP contribution is -2.24. The van der Waals surface area contributed by atoms with Crippen molar-refractivity contribution in [2.24, 2.45) is 0 Å². The van der Waals surface area contributed by atoms with Gasteiger partial charge in [0.15, 0.2) is 0 Å². The van der Waals surface area contributed by atoms with Crippen LogP contribution in [0.15, 0.2) is 29.1 Å². The van der Waals surface area contributed by atoms with Crippen LogP contribution in [0.5, 0.6) is 0 Å². The smallest absolute Gasteiger partial charge is 0.204 e. The van der Waals surface area contributed by atoms with Crippen molar-refractivity contribution in [2.75, 3.05) is 6.54 Å². The molecule has 0 aliphatic carbocycles. The third kappa shape index (κ3) is 2.92. The van der Waals surface area contributed by atoms with Gasteiger partial charge in [-0.05, 0) is 38.1 Å². The molecule has 0 aliphatic rings. The Kier molecular flexibility index (Phi) is 4.57. The maximum absolute atomic E-state index is 11.9. The third-order valence-electron chi connectivity index (χ3n) is 3.19. The van der Waals surface area contributed by atoms with Crippen LogP contribution >= 0.6 is 11.6 Å². The van der Waals surface area contributed by atoms with E-state index in [-0.39, 0.29) is 5.43 Å². The highest BCUT2D eigenvalue weighted by Crippen LogP contribution is 2.22. The maximum Gasteiger partial charge on any atom is 0.204 e. The largest absolute Gasteiger partial charge is 0.311 e. The summed E-state index contributed by atoms with van der Waals surface area (Å²) in [7, 11) is 0. The monoisotopic (exact) mass is 291 g/mol. The SMILES string of the molecule is CCNCc1nn(-c2cccc(Cl)c2C)c(C)cc1=O. The number of aromatic nitrogens is 2. The van der Waals surface area contributed by atoms with Crippen LogP contribution < -0.4 is 10.7 Å². The van der Waals surface area contributed by atoms with Crippen molar-refractivity contribution in [1.29, 1.82) is 0 Å². The normalized spacial score (nSPS) is 10.8. The summed E-state index contributed by atoms with van der Waals surface area (Å²) >= 11 is 6.16. The molecule has 0 aliphatic heterocycles. The molecule has 0 radical (unpaired) electrons. The van der Waals surface area contributed by atoms with Crippen LogP contribution in [0.1, 0.15) is 23.9 Å². The first-order valence-corrected chi connectivity index (χ1v) is 6.98. The summed E-state index contributed by atoms with van der Waals surface area (Å²) in [5.41, 5.74) is 3.10. The van der Waals surface area contributed by atoms with Gasteiger partial charge in [-0.15, -0.1) is 0 Å². The zero-order chi connectivity index (χ0) is 14.7. The van der Waals surface area contributed by atoms with Crippen LogP contribution in [0, 0.1) is 13.8 Å². The molecular weight excluding hydrogens is 274 g/mol. The van der Waals surface area contributed by atoms with Crippen molar-refractivity contribution < 1.29 is 0 Å². The Bertz CT molecular complexity index is 679. The Hall–Kier alpha value is -1.65. The van der Waals surface area contributed by atoms with Gasteiger partial charge in [-0.1, -0.05) is 24.6 Å². The summed E-state index contributed by atoms with van der Waals surface area (Å²) in [6.07, 6.45) is 0. The van der Waals surface area contributed by atoms with E-state index in [0.29, 0.717) is 17.3 Å². The zero-order valence-electron chi connectivity index (χ0n) is 11.9. The van der Waals surface area contributed by atoms with Crippen LogP contribution in [-0.2, 0) is 6.54 Å². The lowest BCUT2D eigenvalue weighted by Gasteiger charge is -2.14. The molecule has 0 unspecified atom stereocenters. The maximum atomic E-state index is 11.9. The summed E-state index contributed by atoms with van der Waals surface area (Å²) in [5.74, 6) is 0. The fraction of sp³-hybridized carbons (Fsp3) is 0.333. The molecule has 2 aromatic rings. The van der Waals surface area contributed by atoms with Crippen LogP contribution in [0.3, 0.4) is 0 Å². The van der Waals surface area contributed by atoms with E-state index < -0.39 is 0 Å². The van der Waals surface area contributed by atoms with Crippen LogP contribution in [0.4, 0.5) is 0 Å². The molecule has 0 saturated heterocycles. The Morgan fingerprint density at radius 2 is 2.10 bits per heavy atom. The van der Waals surface area contributed by atoms with Crippen molar-refractivity contribution in [1.82, 2.24) is 15.1 Å². The lowest BCUT2D eigenvalue weighted by molar-refractivity contribution is 0.665. The number of nitrogens with zero attached hydrogens (tertiary/aromatic N) is 2. The third-order valence-corrected chi connectivity index (χ3v) is 3.60. The van der Waals surface area contributed by atoms with Gasteiger partial charge < -0.3 is 5.32 Å². The molecule has 0 fully saturated rings. The van der Waals surface area contributed by atoms with Gasteiger partial charge in [0.2, 0.25) is 5.43 Å². The summed E-state index contributed by atoms with van der Waals surface area (Å²) in [4.78, 5) is 11.9. The highest BCUT2D eigenvalue weighted by molar-refractivity contribution is 6.31. The first kappa shape index (κ1) is 14.8. The van der Waals surface area contributed by atoms with Crippen molar-refractivity contribution in [3.8, 4) is 5.69 Å². The second-order valence-corrected chi connectivity index (χ2v) is 5.08. The minimum absolute atomic E-state index is 0.0422. The Labute approximate surface area is 123 Å². The average molecular weight is 292 g/mol. The van der Waals surface area contributed by atoms with E-state index in [1.807, 2.05) is 39.0 Å². The Morgan fingerprint density at radius 3 is 2.80 bits per heavy atom. The fourth-order valence-corrected chi connectivity index (χ4v) is 2.19. The van der Waals surface area contributed by atoms with Gasteiger partial charge >= 0.3 is 0 Å². The molecule has 4 nitrogen and oxygen atoms in total. The number of benzene rings is 1. The molecule has 20 heavy (non-hydrogen) atoms. The average Bonchev–Trinajstić information content (AvgIpc) is 2.41. The summed E-state index contributed by atoms with van der Waals surface area (Å²) in [5, 5.41) is 8.28. The molecule has 1 N–H and O–H groups in total. The van der Waals surface area contributed by atoms with Gasteiger partial charge in [0, 0.05) is 23.3 Å². The quantitative estimate of drug-likeness (QED) is 0.942. The summed E-state index contributed by atoms with van der Waals surface area (Å²) in [6.45, 7) is 7.07. The number of aryl methyl sites for hydroxylation is 1. The van der Waals surface area contributed by atoms with Crippen molar-refractivity contribution in [2.45, 2.75) is 27.3 Å². The van der Waals surface area contributed by atoms with Crippen molar-refractivity contribution in [3.05, 3.63) is 56.5 Å². The molecule has 5 heteroatoms. The molecule has 1 aromatic carbocycles. The Balaban J connectivity index is 2.56. The number of hydrogen-bond acceptors (Lipinski definition) is 3. The van der Waals surface area contributed by atoms with Gasteiger partial charge in [0.25, 0.3) is 0 Å². The second-order valence-electron chi connectivity index (χ2n) is 4.67. The highest BCUT2D eigenvalue weighted by atomic mass is 35.5. The van der Waals surface area contributed by atoms with Crippen LogP contribution in [0.25, 0.3) is 5.69 Å². The molecule has 1 heterocycles. The molecule has 106 valence electrons. The number of halogens is 1. The van der Waals surface area contributed by atoms with E-state index in [2.05, 4.69) is 10.4 Å². The molecule has 0 saturated carbocycles. The molecule has 0 amide bonds. The lowest BCUT2D eigenvalue weighted by atomic mass is 10.2. The van der Waals surface area contributed by atoms with E-state index in [1.165, 1.54) is 0 Å². The predicted octanol–water partition coefficient (Wildman–Crippen LogP) is 2.61. The van der Waals surface area contributed by atoms with Gasteiger partial charge in [0.1, 0.15) is 5.69 Å². The van der Waals surface area contributed by atoms with E-state index in [0.717, 1.165) is 23.5 Å². The number of rotatable bonds is 4. The number of nitrogens with one attached hydrogen (secondary N) is 1. The number of hydrogen-bond donors (Lipinski definition) is 1. The molecular formula is C15H18ClN3O. The summed E-state index contributed by atoms with van der Waals surface area (Å²) in [6, 6.07) is 7.29. The van der Waals surface area contributed by atoms with E-state index >= 15 is 0 Å². The van der Waals surface area contributed by atoms with Crippen LogP contribution in [-0.4, -0.2) is 16.3 Å². The first-order valence-electron chi connectivity index (χ1n) is 6.60. The topological polar surface area (TPSA) is 46.9 Å². The van der Waals surface area contributed by atoms with Gasteiger partial charge in [0.05, 0.1) is 5.69 Å². The highest BCUT2D eigenvalue weighted by Gasteiger charge is 2.10. The van der Waals surface area contributed by atoms with Gasteiger partial charge in [-0.25, -0.2) is 4.68 Å². The Morgan fingerprint density at radius 1 is 1.35 bits per heavy atom. The molecule has 0 bridgehead atoms. The molecule has 0 spiro atoms. The van der Waals surface area contributed by atoms with E-state index in [4.69, 9.17) is 11.6 Å². The zero-order valence-corrected chi connectivity index (χ0v) is 12.7. The van der Waals surface area contributed by atoms with Crippen molar-refractivity contribution in [3.63, 3.8) is 0 Å². The van der Waals surface area contributed by atoms with E-state index in [9.17, 15) is 4.79 Å². The molecule has 0 atom stereocenters. The standard InChI is InChI=1S/C15H18ClN3O/c1-4-17-9-13-15(20)8-10(2)19(18-13)14-7-5-6-12(16)11(14)3/h5-8,17H,4,9H2,1-3H3. The van der Waals surface area contributed by atoms with Gasteiger partial charge in [-0.2, -0.15) is 5.10 Å².